The van der Waals surface area contributed by atoms with Gasteiger partial charge in [-0.15, -0.1) is 0 Å². The number of nitrogens with zero attached hydrogens (tertiary/aromatic N) is 3. The Labute approximate surface area is 147 Å². The van der Waals surface area contributed by atoms with Crippen LogP contribution in [0.4, 0.5) is 13.2 Å². The molecule has 4 heterocycles. The van der Waals surface area contributed by atoms with E-state index in [9.17, 15) is 18.0 Å². The quantitative estimate of drug-likeness (QED) is 0.755. The summed E-state index contributed by atoms with van der Waals surface area (Å²) in [7, 11) is 0. The third-order valence-electron chi connectivity index (χ3n) is 4.96. The number of carbonyl (C=O) groups is 1. The number of aromatic amines is 1. The molecule has 1 N–H and O–H groups in total. The van der Waals surface area contributed by atoms with Crippen molar-refractivity contribution in [1.29, 1.82) is 0 Å². The fourth-order valence-corrected chi connectivity index (χ4v) is 3.74. The van der Waals surface area contributed by atoms with Gasteiger partial charge in [-0.05, 0) is 36.5 Å². The van der Waals surface area contributed by atoms with Crippen LogP contribution < -0.4 is 0 Å². The van der Waals surface area contributed by atoms with Gasteiger partial charge in [0.25, 0.3) is 0 Å². The lowest BCUT2D eigenvalue weighted by molar-refractivity contribution is -0.162. The van der Waals surface area contributed by atoms with E-state index < -0.39 is 18.5 Å². The van der Waals surface area contributed by atoms with Gasteiger partial charge < -0.3 is 9.88 Å². The number of carbonyl (C=O) groups excluding carboxylic acids is 1. The van der Waals surface area contributed by atoms with E-state index in [2.05, 4.69) is 15.0 Å². The van der Waals surface area contributed by atoms with Crippen LogP contribution in [0.1, 0.15) is 30.7 Å². The molecule has 1 saturated heterocycles. The molecule has 1 aliphatic rings. The number of likely N-dealkylation sites (tertiary alicyclic amines) is 1. The van der Waals surface area contributed by atoms with Crippen LogP contribution in [-0.2, 0) is 4.79 Å². The molecular weight excluding hydrogens is 345 g/mol. The maximum absolute atomic E-state index is 12.4. The topological polar surface area (TPSA) is 61.9 Å². The molecule has 5 nitrogen and oxygen atoms in total. The number of hydrogen-bond acceptors (Lipinski definition) is 3. The Bertz CT molecular complexity index is 958. The van der Waals surface area contributed by atoms with Gasteiger partial charge in [-0.1, -0.05) is 0 Å². The van der Waals surface area contributed by atoms with Gasteiger partial charge >= 0.3 is 6.18 Å². The van der Waals surface area contributed by atoms with Crippen molar-refractivity contribution >= 4 is 27.8 Å². The van der Waals surface area contributed by atoms with Gasteiger partial charge in [0.1, 0.15) is 12.1 Å². The number of H-pyrrole nitrogens is 1. The Kier molecular flexibility index (Phi) is 4.05. The number of piperidine rings is 1. The summed E-state index contributed by atoms with van der Waals surface area (Å²) in [6.45, 7) is 0.676. The van der Waals surface area contributed by atoms with E-state index in [1.807, 2.05) is 18.3 Å². The minimum atomic E-state index is -4.46. The Morgan fingerprint density at radius 2 is 2.00 bits per heavy atom. The van der Waals surface area contributed by atoms with Crippen LogP contribution in [0, 0.1) is 0 Å². The van der Waals surface area contributed by atoms with E-state index in [1.54, 1.807) is 12.4 Å². The first-order chi connectivity index (χ1) is 12.4. The highest BCUT2D eigenvalue weighted by Gasteiger charge is 2.35. The molecule has 0 spiro atoms. The normalized spacial score (nSPS) is 16.5. The van der Waals surface area contributed by atoms with Gasteiger partial charge in [0.05, 0.1) is 11.7 Å². The lowest BCUT2D eigenvalue weighted by Crippen LogP contribution is -2.39. The van der Waals surface area contributed by atoms with Crippen LogP contribution in [0.5, 0.6) is 0 Å². The Balaban J connectivity index is 1.58. The molecule has 0 aromatic carbocycles. The molecule has 1 aliphatic heterocycles. The second-order valence-corrected chi connectivity index (χ2v) is 6.61. The summed E-state index contributed by atoms with van der Waals surface area (Å²) < 4.78 is 37.3. The van der Waals surface area contributed by atoms with Crippen LogP contribution in [0.2, 0.25) is 0 Å². The van der Waals surface area contributed by atoms with Crippen LogP contribution in [0.3, 0.4) is 0 Å². The smallest absolute Gasteiger partial charge is 0.346 e. The van der Waals surface area contributed by atoms with E-state index in [0.717, 1.165) is 27.5 Å². The summed E-state index contributed by atoms with van der Waals surface area (Å²) in [5, 5.41) is 2.01. The third-order valence-corrected chi connectivity index (χ3v) is 4.96. The summed E-state index contributed by atoms with van der Waals surface area (Å²) in [5.74, 6) is -0.663. The molecule has 3 aromatic heterocycles. The number of nitrogens with one attached hydrogen (secondary N) is 1. The second-order valence-electron chi connectivity index (χ2n) is 6.61. The highest BCUT2D eigenvalue weighted by Crippen LogP contribution is 2.35. The predicted octanol–water partition coefficient (Wildman–Crippen LogP) is 3.77. The molecule has 8 heteroatoms. The van der Waals surface area contributed by atoms with Gasteiger partial charge in [-0.3, -0.25) is 9.78 Å². The number of amides is 1. The number of hydrogen-bond donors (Lipinski definition) is 1. The van der Waals surface area contributed by atoms with Gasteiger partial charge in [0.15, 0.2) is 0 Å². The molecule has 4 rings (SSSR count). The van der Waals surface area contributed by atoms with E-state index >= 15 is 0 Å². The van der Waals surface area contributed by atoms with Crippen molar-refractivity contribution in [2.24, 2.45) is 0 Å². The average molecular weight is 362 g/mol. The molecule has 0 unspecified atom stereocenters. The first kappa shape index (κ1) is 16.8. The number of pyridine rings is 2. The lowest BCUT2D eigenvalue weighted by atomic mass is 9.87. The standard InChI is InChI=1S/C18H17F3N4O/c19-18(20,21)9-15(26)25-7-3-11(4-8-25)12-1-5-22-14-10-24-17-13(16(12)14)2-6-23-17/h1-2,5-6,10-11H,3-4,7-9H2,(H,23,24). The van der Waals surface area contributed by atoms with E-state index in [0.29, 0.717) is 25.9 Å². The number of aromatic nitrogens is 3. The van der Waals surface area contributed by atoms with Gasteiger partial charge in [0, 0.05) is 36.3 Å². The molecular formula is C18H17F3N4O. The molecule has 136 valence electrons. The predicted molar refractivity (Wildman–Crippen MR) is 90.6 cm³/mol. The number of alkyl halides is 3. The monoisotopic (exact) mass is 362 g/mol. The van der Waals surface area contributed by atoms with Gasteiger partial charge in [-0.2, -0.15) is 13.2 Å². The van der Waals surface area contributed by atoms with Crippen molar-refractivity contribution in [3.05, 3.63) is 36.3 Å². The number of rotatable bonds is 2. The number of halogens is 3. The van der Waals surface area contributed by atoms with Crippen LogP contribution in [0.15, 0.2) is 30.7 Å². The molecule has 0 aliphatic carbocycles. The minimum Gasteiger partial charge on any atom is -0.346 e. The van der Waals surface area contributed by atoms with Crippen molar-refractivity contribution in [2.75, 3.05) is 13.1 Å². The average Bonchev–Trinajstić information content (AvgIpc) is 3.09. The number of fused-ring (bicyclic) bond motifs is 3. The highest BCUT2D eigenvalue weighted by molar-refractivity contribution is 6.05. The summed E-state index contributed by atoms with van der Waals surface area (Å²) in [4.78, 5) is 24.9. The maximum Gasteiger partial charge on any atom is 0.397 e. The fourth-order valence-electron chi connectivity index (χ4n) is 3.74. The molecule has 0 atom stereocenters. The molecule has 0 radical (unpaired) electrons. The van der Waals surface area contributed by atoms with Crippen molar-refractivity contribution in [2.45, 2.75) is 31.4 Å². The largest absolute Gasteiger partial charge is 0.397 e. The fraction of sp³-hybridized carbons (Fsp3) is 0.389. The zero-order valence-corrected chi connectivity index (χ0v) is 13.9. The Hall–Kier alpha value is -2.64. The maximum atomic E-state index is 12.4. The molecule has 0 bridgehead atoms. The molecule has 0 saturated carbocycles. The molecule has 26 heavy (non-hydrogen) atoms. The van der Waals surface area contributed by atoms with Crippen molar-refractivity contribution < 1.29 is 18.0 Å². The first-order valence-corrected chi connectivity index (χ1v) is 8.47. The second kappa shape index (κ2) is 6.26. The van der Waals surface area contributed by atoms with Crippen molar-refractivity contribution in [3.63, 3.8) is 0 Å². The minimum absolute atomic E-state index is 0.177. The lowest BCUT2D eigenvalue weighted by Gasteiger charge is -2.33. The van der Waals surface area contributed by atoms with E-state index in [4.69, 9.17) is 0 Å². The zero-order chi connectivity index (χ0) is 18.3. The summed E-state index contributed by atoms with van der Waals surface area (Å²) in [6, 6.07) is 3.92. The van der Waals surface area contributed by atoms with Crippen LogP contribution in [-0.4, -0.2) is 45.0 Å². The van der Waals surface area contributed by atoms with E-state index in [-0.39, 0.29) is 5.92 Å². The SMILES string of the molecule is O=C(CC(F)(F)F)N1CCC(c2ccnc3cnc4[nH]ccc4c23)CC1. The van der Waals surface area contributed by atoms with Gasteiger partial charge in [0.2, 0.25) is 5.91 Å². The summed E-state index contributed by atoms with van der Waals surface area (Å²) in [5.41, 5.74) is 2.69. The van der Waals surface area contributed by atoms with Crippen LogP contribution >= 0.6 is 0 Å². The molecule has 1 fully saturated rings. The molecule has 1 amide bonds. The Morgan fingerprint density at radius 1 is 1.23 bits per heavy atom. The molecule has 3 aromatic rings. The van der Waals surface area contributed by atoms with Crippen molar-refractivity contribution in [1.82, 2.24) is 19.9 Å². The highest BCUT2D eigenvalue weighted by atomic mass is 19.4. The van der Waals surface area contributed by atoms with Gasteiger partial charge in [-0.25, -0.2) is 4.98 Å². The first-order valence-electron chi connectivity index (χ1n) is 8.47. The Morgan fingerprint density at radius 3 is 2.73 bits per heavy atom. The van der Waals surface area contributed by atoms with Crippen molar-refractivity contribution in [3.8, 4) is 0 Å². The summed E-state index contributed by atoms with van der Waals surface area (Å²) in [6.07, 6.45) is 0.715. The third kappa shape index (κ3) is 3.11. The summed E-state index contributed by atoms with van der Waals surface area (Å²) >= 11 is 0. The van der Waals surface area contributed by atoms with Crippen LogP contribution in [0.25, 0.3) is 21.9 Å². The zero-order valence-electron chi connectivity index (χ0n) is 13.9. The van der Waals surface area contributed by atoms with E-state index in [1.165, 1.54) is 4.90 Å².